The number of ether oxygens (including phenoxy) is 1. The first-order valence-corrected chi connectivity index (χ1v) is 11.9. The molecule has 35 heavy (non-hydrogen) atoms. The zero-order chi connectivity index (χ0) is 25.8. The summed E-state index contributed by atoms with van der Waals surface area (Å²) in [6.45, 7) is 1.33. The number of hydrogen-bond acceptors (Lipinski definition) is 4. The Kier molecular flexibility index (Phi) is 7.91. The Labute approximate surface area is 204 Å². The highest BCUT2D eigenvalue weighted by molar-refractivity contribution is 7.92. The molecule has 0 saturated carbocycles. The van der Waals surface area contributed by atoms with Crippen LogP contribution >= 0.6 is 11.6 Å². The number of amides is 1. The minimum Gasteiger partial charge on any atom is -0.494 e. The predicted molar refractivity (Wildman–Crippen MR) is 124 cm³/mol. The van der Waals surface area contributed by atoms with Gasteiger partial charge in [-0.1, -0.05) is 11.6 Å². The van der Waals surface area contributed by atoms with E-state index >= 15 is 0 Å². The normalized spacial score (nSPS) is 11.7. The molecule has 1 amide bonds. The van der Waals surface area contributed by atoms with E-state index in [0.717, 1.165) is 40.7 Å². The Morgan fingerprint density at radius 2 is 1.66 bits per heavy atom. The molecule has 0 aromatic heterocycles. The lowest BCUT2D eigenvalue weighted by Crippen LogP contribution is -2.38. The summed E-state index contributed by atoms with van der Waals surface area (Å²) in [6, 6.07) is 12.1. The Morgan fingerprint density at radius 3 is 2.23 bits per heavy atom. The van der Waals surface area contributed by atoms with Crippen LogP contribution in [0.25, 0.3) is 0 Å². The first kappa shape index (κ1) is 26.3. The van der Waals surface area contributed by atoms with Gasteiger partial charge in [0.15, 0.2) is 0 Å². The number of nitrogens with one attached hydrogen (secondary N) is 1. The monoisotopic (exact) mass is 530 g/mol. The topological polar surface area (TPSA) is 75.7 Å². The molecular weight excluding hydrogens is 512 g/mol. The third-order valence-corrected chi connectivity index (χ3v) is 6.81. The third-order valence-electron chi connectivity index (χ3n) is 4.69. The van der Waals surface area contributed by atoms with Crippen LogP contribution in [0.15, 0.2) is 71.6 Å². The fourth-order valence-corrected chi connectivity index (χ4v) is 4.63. The summed E-state index contributed by atoms with van der Waals surface area (Å²) in [5.74, 6) is -1.16. The van der Waals surface area contributed by atoms with Crippen molar-refractivity contribution in [3.8, 4) is 5.75 Å². The molecule has 0 fully saturated rings. The summed E-state index contributed by atoms with van der Waals surface area (Å²) in [6.07, 6.45) is -4.68. The van der Waals surface area contributed by atoms with Crippen LogP contribution in [-0.4, -0.2) is 27.5 Å². The molecule has 3 aromatic carbocycles. The van der Waals surface area contributed by atoms with Gasteiger partial charge in [-0.05, 0) is 73.7 Å². The number of carbonyl (C=O) groups excluding carboxylic acids is 1. The largest absolute Gasteiger partial charge is 0.494 e. The molecule has 3 rings (SSSR count). The van der Waals surface area contributed by atoms with Crippen molar-refractivity contribution in [1.82, 2.24) is 0 Å². The van der Waals surface area contributed by atoms with E-state index < -0.39 is 40.0 Å². The van der Waals surface area contributed by atoms with Crippen molar-refractivity contribution in [2.75, 3.05) is 22.8 Å². The fourth-order valence-electron chi connectivity index (χ4n) is 3.04. The fraction of sp³-hybridized carbons (Fsp3) is 0.174. The SMILES string of the molecule is CCOc1ccc(N(CC(=O)Nc2cc(C(F)(F)F)ccc2Cl)S(=O)(=O)c2ccc(F)cc2)cc1. The van der Waals surface area contributed by atoms with Crippen molar-refractivity contribution in [1.29, 1.82) is 0 Å². The highest BCUT2D eigenvalue weighted by Crippen LogP contribution is 2.34. The molecule has 0 saturated heterocycles. The molecule has 0 aliphatic rings. The summed E-state index contributed by atoms with van der Waals surface area (Å²) in [7, 11) is -4.37. The number of carbonyl (C=O) groups is 1. The van der Waals surface area contributed by atoms with Crippen molar-refractivity contribution < 1.29 is 35.5 Å². The zero-order valence-corrected chi connectivity index (χ0v) is 19.7. The summed E-state index contributed by atoms with van der Waals surface area (Å²) >= 11 is 5.93. The smallest absolute Gasteiger partial charge is 0.416 e. The molecule has 0 unspecified atom stereocenters. The highest BCUT2D eigenvalue weighted by Gasteiger charge is 2.32. The molecule has 0 aliphatic carbocycles. The molecule has 6 nitrogen and oxygen atoms in total. The van der Waals surface area contributed by atoms with Gasteiger partial charge in [-0.2, -0.15) is 13.2 Å². The van der Waals surface area contributed by atoms with Gasteiger partial charge in [-0.15, -0.1) is 0 Å². The summed E-state index contributed by atoms with van der Waals surface area (Å²) < 4.78 is 85.2. The Hall–Kier alpha value is -3.31. The molecule has 1 N–H and O–H groups in total. The van der Waals surface area contributed by atoms with E-state index in [0.29, 0.717) is 18.4 Å². The standard InChI is InChI=1S/C23H19ClF4N2O4S/c1-2-34-18-8-6-17(7-9-18)30(35(32,33)19-10-4-16(25)5-11-19)14-22(31)29-21-13-15(23(26,27)28)3-12-20(21)24/h3-13H,2,14H2,1H3,(H,29,31). The average molecular weight is 531 g/mol. The van der Waals surface area contributed by atoms with Gasteiger partial charge >= 0.3 is 6.18 Å². The number of hydrogen-bond donors (Lipinski definition) is 1. The number of halogens is 5. The van der Waals surface area contributed by atoms with Crippen LogP contribution < -0.4 is 14.4 Å². The zero-order valence-electron chi connectivity index (χ0n) is 18.1. The molecule has 0 radical (unpaired) electrons. The number of rotatable bonds is 8. The quantitative estimate of drug-likeness (QED) is 0.377. The van der Waals surface area contributed by atoms with Crippen LogP contribution in [0.2, 0.25) is 5.02 Å². The summed E-state index contributed by atoms with van der Waals surface area (Å²) in [5.41, 5.74) is -1.31. The maximum absolute atomic E-state index is 13.3. The van der Waals surface area contributed by atoms with E-state index in [1.807, 2.05) is 0 Å². The first-order chi connectivity index (χ1) is 16.4. The van der Waals surface area contributed by atoms with Crippen LogP contribution in [0.5, 0.6) is 5.75 Å². The maximum Gasteiger partial charge on any atom is 0.416 e. The summed E-state index contributed by atoms with van der Waals surface area (Å²) in [5, 5.41) is 2.06. The molecule has 0 heterocycles. The van der Waals surface area contributed by atoms with Crippen LogP contribution in [0.4, 0.5) is 28.9 Å². The van der Waals surface area contributed by atoms with Gasteiger partial charge in [0.25, 0.3) is 10.0 Å². The van der Waals surface area contributed by atoms with E-state index in [9.17, 15) is 30.8 Å². The maximum atomic E-state index is 13.3. The van der Waals surface area contributed by atoms with Gasteiger partial charge in [-0.3, -0.25) is 9.10 Å². The van der Waals surface area contributed by atoms with Crippen molar-refractivity contribution in [2.24, 2.45) is 0 Å². The van der Waals surface area contributed by atoms with E-state index in [1.54, 1.807) is 6.92 Å². The molecule has 0 atom stereocenters. The average Bonchev–Trinajstić information content (AvgIpc) is 2.79. The van der Waals surface area contributed by atoms with Crippen LogP contribution in [0, 0.1) is 5.82 Å². The lowest BCUT2D eigenvalue weighted by molar-refractivity contribution is -0.137. The van der Waals surface area contributed by atoms with Crippen molar-refractivity contribution in [2.45, 2.75) is 18.0 Å². The minimum atomic E-state index is -4.68. The molecule has 0 aliphatic heterocycles. The lowest BCUT2D eigenvalue weighted by Gasteiger charge is -2.24. The van der Waals surface area contributed by atoms with Gasteiger partial charge in [0.05, 0.1) is 33.5 Å². The molecule has 0 spiro atoms. The Morgan fingerprint density at radius 1 is 1.03 bits per heavy atom. The van der Waals surface area contributed by atoms with Gasteiger partial charge in [0.2, 0.25) is 5.91 Å². The molecule has 186 valence electrons. The molecule has 0 bridgehead atoms. The number of sulfonamides is 1. The molecule has 12 heteroatoms. The third kappa shape index (κ3) is 6.43. The van der Waals surface area contributed by atoms with Gasteiger partial charge in [0, 0.05) is 0 Å². The van der Waals surface area contributed by atoms with Crippen LogP contribution in [0.3, 0.4) is 0 Å². The van der Waals surface area contributed by atoms with E-state index in [-0.39, 0.29) is 21.3 Å². The van der Waals surface area contributed by atoms with Crippen molar-refractivity contribution >= 4 is 38.9 Å². The van der Waals surface area contributed by atoms with Gasteiger partial charge < -0.3 is 10.1 Å². The van der Waals surface area contributed by atoms with Crippen molar-refractivity contribution in [3.05, 3.63) is 83.1 Å². The van der Waals surface area contributed by atoms with E-state index in [4.69, 9.17) is 16.3 Å². The number of anilines is 2. The summed E-state index contributed by atoms with van der Waals surface area (Å²) in [4.78, 5) is 12.5. The predicted octanol–water partition coefficient (Wildman–Crippen LogP) is 5.73. The van der Waals surface area contributed by atoms with Gasteiger partial charge in [-0.25, -0.2) is 12.8 Å². The second-order valence-corrected chi connectivity index (χ2v) is 9.40. The van der Waals surface area contributed by atoms with Gasteiger partial charge in [0.1, 0.15) is 18.1 Å². The number of benzene rings is 3. The molecular formula is C23H19ClF4N2O4S. The second-order valence-electron chi connectivity index (χ2n) is 7.13. The van der Waals surface area contributed by atoms with Crippen molar-refractivity contribution in [3.63, 3.8) is 0 Å². The number of nitrogens with zero attached hydrogens (tertiary/aromatic N) is 1. The van der Waals surface area contributed by atoms with E-state index in [1.165, 1.54) is 24.3 Å². The second kappa shape index (κ2) is 10.5. The Bertz CT molecular complexity index is 1300. The minimum absolute atomic E-state index is 0.0723. The van der Waals surface area contributed by atoms with E-state index in [2.05, 4.69) is 5.32 Å². The van der Waals surface area contributed by atoms with Crippen LogP contribution in [-0.2, 0) is 21.0 Å². The Balaban J connectivity index is 1.95. The van der Waals surface area contributed by atoms with Crippen LogP contribution in [0.1, 0.15) is 12.5 Å². The first-order valence-electron chi connectivity index (χ1n) is 10.1. The highest BCUT2D eigenvalue weighted by atomic mass is 35.5. The molecule has 3 aromatic rings. The lowest BCUT2D eigenvalue weighted by atomic mass is 10.2. The number of alkyl halides is 3.